The van der Waals surface area contributed by atoms with Crippen LogP contribution < -0.4 is 0 Å². The molecule has 0 aliphatic carbocycles. The fraction of sp³-hybridized carbons (Fsp3) is 0.176. The number of carbonyl (C=O) groups is 2. The van der Waals surface area contributed by atoms with Crippen molar-refractivity contribution in [1.82, 2.24) is 4.90 Å². The van der Waals surface area contributed by atoms with Gasteiger partial charge in [-0.2, -0.15) is 0 Å². The number of halogens is 1. The van der Waals surface area contributed by atoms with Gasteiger partial charge in [0.1, 0.15) is 0 Å². The number of hydrogen-bond donors (Lipinski definition) is 0. The van der Waals surface area contributed by atoms with Gasteiger partial charge in [0, 0.05) is 25.7 Å². The summed E-state index contributed by atoms with van der Waals surface area (Å²) in [5, 5.41) is 11.0. The topological polar surface area (TPSA) is 89.8 Å². The molecule has 7 nitrogen and oxygen atoms in total. The van der Waals surface area contributed by atoms with E-state index in [-0.39, 0.29) is 15.7 Å². The molecule has 0 saturated carbocycles. The third-order valence-electron chi connectivity index (χ3n) is 3.37. The Morgan fingerprint density at radius 2 is 1.80 bits per heavy atom. The molecule has 1 amide bonds. The van der Waals surface area contributed by atoms with Crippen molar-refractivity contribution in [3.63, 3.8) is 0 Å². The van der Waals surface area contributed by atoms with E-state index in [0.717, 1.165) is 6.07 Å². The Morgan fingerprint density at radius 3 is 2.36 bits per heavy atom. The highest BCUT2D eigenvalue weighted by molar-refractivity contribution is 9.10. The summed E-state index contributed by atoms with van der Waals surface area (Å²) in [5.74, 6) is -1.23. The number of benzene rings is 2. The lowest BCUT2D eigenvalue weighted by Gasteiger charge is -2.21. The number of likely N-dealkylation sites (N-methyl/N-ethyl adjacent to an activating group) is 1. The van der Waals surface area contributed by atoms with Crippen LogP contribution in [-0.2, 0) is 9.53 Å². The number of nitrogens with zero attached hydrogens (tertiary/aromatic N) is 2. The maximum absolute atomic E-state index is 12.4. The zero-order valence-electron chi connectivity index (χ0n) is 13.5. The second-order valence-electron chi connectivity index (χ2n) is 5.35. The van der Waals surface area contributed by atoms with Crippen LogP contribution in [0.1, 0.15) is 22.0 Å². The van der Waals surface area contributed by atoms with E-state index >= 15 is 0 Å². The number of carbonyl (C=O) groups excluding carboxylic acids is 2. The molecule has 8 heteroatoms. The van der Waals surface area contributed by atoms with Crippen molar-refractivity contribution in [2.75, 3.05) is 14.1 Å². The van der Waals surface area contributed by atoms with E-state index in [0.29, 0.717) is 5.56 Å². The van der Waals surface area contributed by atoms with Crippen LogP contribution >= 0.6 is 15.9 Å². The highest BCUT2D eigenvalue weighted by Crippen LogP contribution is 2.27. The van der Waals surface area contributed by atoms with Crippen molar-refractivity contribution in [2.24, 2.45) is 0 Å². The van der Waals surface area contributed by atoms with Crippen LogP contribution in [0.4, 0.5) is 5.69 Å². The summed E-state index contributed by atoms with van der Waals surface area (Å²) in [4.78, 5) is 36.5. The van der Waals surface area contributed by atoms with Crippen molar-refractivity contribution in [3.05, 3.63) is 74.2 Å². The Labute approximate surface area is 152 Å². The molecule has 0 saturated heterocycles. The Balaban J connectivity index is 2.33. The average molecular weight is 407 g/mol. The Bertz CT molecular complexity index is 808. The zero-order chi connectivity index (χ0) is 18.6. The number of esters is 1. The summed E-state index contributed by atoms with van der Waals surface area (Å²) in [6, 6.07) is 12.5. The van der Waals surface area contributed by atoms with E-state index in [9.17, 15) is 19.7 Å². The first-order valence-electron chi connectivity index (χ1n) is 7.22. The molecule has 0 aliphatic heterocycles. The van der Waals surface area contributed by atoms with Gasteiger partial charge >= 0.3 is 5.97 Å². The van der Waals surface area contributed by atoms with E-state index in [4.69, 9.17) is 4.74 Å². The lowest BCUT2D eigenvalue weighted by Crippen LogP contribution is -2.31. The monoisotopic (exact) mass is 406 g/mol. The molecule has 0 aliphatic rings. The van der Waals surface area contributed by atoms with Gasteiger partial charge in [-0.05, 0) is 28.1 Å². The summed E-state index contributed by atoms with van der Waals surface area (Å²) >= 11 is 3.06. The van der Waals surface area contributed by atoms with Gasteiger partial charge < -0.3 is 9.64 Å². The summed E-state index contributed by atoms with van der Waals surface area (Å²) in [7, 11) is 3.10. The van der Waals surface area contributed by atoms with Crippen molar-refractivity contribution in [1.29, 1.82) is 0 Å². The Kier molecular flexibility index (Phi) is 5.87. The normalized spacial score (nSPS) is 11.5. The number of rotatable bonds is 5. The lowest BCUT2D eigenvalue weighted by molar-refractivity contribution is -0.385. The lowest BCUT2D eigenvalue weighted by atomic mass is 10.1. The minimum Gasteiger partial charge on any atom is -0.444 e. The number of nitro benzene ring substituents is 1. The predicted octanol–water partition coefficient (Wildman–Crippen LogP) is 3.34. The molecular formula is C17H15BrN2O5. The second kappa shape index (κ2) is 7.89. The zero-order valence-corrected chi connectivity index (χ0v) is 15.1. The van der Waals surface area contributed by atoms with Gasteiger partial charge in [-0.3, -0.25) is 14.9 Å². The van der Waals surface area contributed by atoms with Crippen LogP contribution in [0, 0.1) is 10.1 Å². The maximum Gasteiger partial charge on any atom is 0.339 e. The highest BCUT2D eigenvalue weighted by atomic mass is 79.9. The molecule has 0 radical (unpaired) electrons. The first kappa shape index (κ1) is 18.6. The SMILES string of the molecule is CN(C)C(=O)[C@@H](OC(=O)c1ccc(Br)c([N+](=O)[O-])c1)c1ccccc1. The van der Waals surface area contributed by atoms with Gasteiger partial charge in [-0.1, -0.05) is 30.3 Å². The second-order valence-corrected chi connectivity index (χ2v) is 6.21. The Hall–Kier alpha value is -2.74. The molecule has 0 bridgehead atoms. The molecular weight excluding hydrogens is 392 g/mol. The fourth-order valence-electron chi connectivity index (χ4n) is 2.08. The average Bonchev–Trinajstić information content (AvgIpc) is 2.59. The molecule has 2 aromatic carbocycles. The first-order valence-corrected chi connectivity index (χ1v) is 8.01. The molecule has 0 heterocycles. The molecule has 0 unspecified atom stereocenters. The van der Waals surface area contributed by atoms with Crippen molar-refractivity contribution >= 4 is 33.5 Å². The first-order chi connectivity index (χ1) is 11.8. The van der Waals surface area contributed by atoms with Crippen LogP contribution in [0.2, 0.25) is 0 Å². The van der Waals surface area contributed by atoms with Crippen molar-refractivity contribution in [2.45, 2.75) is 6.10 Å². The van der Waals surface area contributed by atoms with Crippen LogP contribution in [0.25, 0.3) is 0 Å². The maximum atomic E-state index is 12.4. The number of ether oxygens (including phenoxy) is 1. The van der Waals surface area contributed by atoms with E-state index < -0.39 is 22.9 Å². The molecule has 2 rings (SSSR count). The standard InChI is InChI=1S/C17H15BrN2O5/c1-19(2)16(21)15(11-6-4-3-5-7-11)25-17(22)12-8-9-13(18)14(10-12)20(23)24/h3-10,15H,1-2H3/t15-/m0/s1. The highest BCUT2D eigenvalue weighted by Gasteiger charge is 2.27. The number of amides is 1. The van der Waals surface area contributed by atoms with E-state index in [1.165, 1.54) is 17.0 Å². The summed E-state index contributed by atoms with van der Waals surface area (Å²) < 4.78 is 5.60. The number of hydrogen-bond acceptors (Lipinski definition) is 5. The summed E-state index contributed by atoms with van der Waals surface area (Å²) in [5.41, 5.74) is 0.244. The molecule has 2 aromatic rings. The molecule has 0 fully saturated rings. The summed E-state index contributed by atoms with van der Waals surface area (Å²) in [6.45, 7) is 0. The summed E-state index contributed by atoms with van der Waals surface area (Å²) in [6.07, 6.45) is -1.13. The fourth-order valence-corrected chi connectivity index (χ4v) is 2.47. The van der Waals surface area contributed by atoms with Gasteiger partial charge in [-0.15, -0.1) is 0 Å². The van der Waals surface area contributed by atoms with Gasteiger partial charge in [0.05, 0.1) is 15.0 Å². The van der Waals surface area contributed by atoms with Crippen molar-refractivity contribution < 1.29 is 19.2 Å². The third kappa shape index (κ3) is 4.42. The third-order valence-corrected chi connectivity index (χ3v) is 4.04. The molecule has 0 aromatic heterocycles. The van der Waals surface area contributed by atoms with Crippen molar-refractivity contribution in [3.8, 4) is 0 Å². The van der Waals surface area contributed by atoms with Crippen LogP contribution in [0.15, 0.2) is 53.0 Å². The van der Waals surface area contributed by atoms with Gasteiger partial charge in [0.15, 0.2) is 0 Å². The smallest absolute Gasteiger partial charge is 0.339 e. The molecule has 1 atom stereocenters. The number of nitro groups is 1. The van der Waals surface area contributed by atoms with Crippen LogP contribution in [0.3, 0.4) is 0 Å². The molecule has 0 N–H and O–H groups in total. The Morgan fingerprint density at radius 1 is 1.16 bits per heavy atom. The van der Waals surface area contributed by atoms with Gasteiger partial charge in [0.2, 0.25) is 6.10 Å². The van der Waals surface area contributed by atoms with Crippen LogP contribution in [0.5, 0.6) is 0 Å². The quantitative estimate of drug-likeness (QED) is 0.431. The molecule has 0 spiro atoms. The predicted molar refractivity (Wildman–Crippen MR) is 94.1 cm³/mol. The minimum atomic E-state index is -1.13. The molecule has 130 valence electrons. The van der Waals surface area contributed by atoms with E-state index in [1.807, 2.05) is 0 Å². The van der Waals surface area contributed by atoms with E-state index in [2.05, 4.69) is 15.9 Å². The van der Waals surface area contributed by atoms with Gasteiger partial charge in [0.25, 0.3) is 11.6 Å². The van der Waals surface area contributed by atoms with E-state index in [1.54, 1.807) is 44.4 Å². The van der Waals surface area contributed by atoms with Crippen LogP contribution in [-0.4, -0.2) is 35.8 Å². The van der Waals surface area contributed by atoms with Gasteiger partial charge in [-0.25, -0.2) is 4.79 Å². The largest absolute Gasteiger partial charge is 0.444 e. The minimum absolute atomic E-state index is 0.0117. The molecule has 25 heavy (non-hydrogen) atoms.